The fourth-order valence-corrected chi connectivity index (χ4v) is 2.08. The summed E-state index contributed by atoms with van der Waals surface area (Å²) in [6.07, 6.45) is 2.47. The minimum atomic E-state index is 0.0635. The predicted octanol–water partition coefficient (Wildman–Crippen LogP) is 0.475. The maximum absolute atomic E-state index is 11.7. The van der Waals surface area contributed by atoms with Crippen molar-refractivity contribution in [1.29, 1.82) is 0 Å². The smallest absolute Gasteiger partial charge is 0.229 e. The van der Waals surface area contributed by atoms with Gasteiger partial charge in [-0.15, -0.1) is 5.10 Å². The maximum atomic E-state index is 11.7. The zero-order valence-corrected chi connectivity index (χ0v) is 8.67. The van der Waals surface area contributed by atoms with Gasteiger partial charge in [-0.25, -0.2) is 0 Å². The summed E-state index contributed by atoms with van der Waals surface area (Å²) in [4.78, 5) is 11.7. The number of nitrogens with one attached hydrogen (secondary N) is 2. The fraction of sp³-hybridized carbons (Fsp3) is 0.625. The van der Waals surface area contributed by atoms with Crippen LogP contribution in [-0.4, -0.2) is 28.1 Å². The van der Waals surface area contributed by atoms with Crippen LogP contribution in [0, 0.1) is 5.92 Å². The van der Waals surface area contributed by atoms with Gasteiger partial charge in [-0.05, 0) is 19.9 Å². The van der Waals surface area contributed by atoms with Crippen LogP contribution < -0.4 is 10.6 Å². The summed E-state index contributed by atoms with van der Waals surface area (Å²) in [5.74, 6) is 0.130. The van der Waals surface area contributed by atoms with E-state index in [1.807, 2.05) is 6.92 Å². The van der Waals surface area contributed by atoms with E-state index in [1.165, 1.54) is 11.5 Å². The lowest BCUT2D eigenvalue weighted by molar-refractivity contribution is -0.119. The van der Waals surface area contributed by atoms with E-state index in [0.717, 1.165) is 13.0 Å². The van der Waals surface area contributed by atoms with Gasteiger partial charge in [-0.1, -0.05) is 4.49 Å². The Morgan fingerprint density at radius 3 is 3.21 bits per heavy atom. The number of carbonyl (C=O) groups is 1. The third-order valence-electron chi connectivity index (χ3n) is 2.47. The average molecular weight is 212 g/mol. The first kappa shape index (κ1) is 9.54. The van der Waals surface area contributed by atoms with E-state index in [2.05, 4.69) is 20.2 Å². The molecule has 0 bridgehead atoms. The lowest BCUT2D eigenvalue weighted by Crippen LogP contribution is -2.31. The average Bonchev–Trinajstić information content (AvgIpc) is 2.75. The Morgan fingerprint density at radius 1 is 1.79 bits per heavy atom. The van der Waals surface area contributed by atoms with Crippen LogP contribution in [-0.2, 0) is 4.79 Å². The number of carbonyl (C=O) groups excluding carboxylic acids is 1. The molecule has 1 fully saturated rings. The van der Waals surface area contributed by atoms with E-state index in [9.17, 15) is 4.79 Å². The standard InChI is InChI=1S/C8H12N4OS/c1-5-6(2-3-9-5)8(13)11-7-4-10-12-14-7/h4-6,9H,2-3H2,1H3,(H,11,13). The van der Waals surface area contributed by atoms with Crippen molar-refractivity contribution in [2.75, 3.05) is 11.9 Å². The van der Waals surface area contributed by atoms with Gasteiger partial charge in [0.15, 0.2) is 0 Å². The third kappa shape index (κ3) is 1.91. The lowest BCUT2D eigenvalue weighted by atomic mass is 10.0. The number of amides is 1. The molecule has 2 N–H and O–H groups in total. The first-order chi connectivity index (χ1) is 6.77. The largest absolute Gasteiger partial charge is 0.315 e. The van der Waals surface area contributed by atoms with Gasteiger partial charge in [0.2, 0.25) is 5.91 Å². The molecule has 1 aromatic rings. The molecule has 0 saturated carbocycles. The van der Waals surface area contributed by atoms with E-state index < -0.39 is 0 Å². The lowest BCUT2D eigenvalue weighted by Gasteiger charge is -2.13. The van der Waals surface area contributed by atoms with Crippen molar-refractivity contribution < 1.29 is 4.79 Å². The zero-order chi connectivity index (χ0) is 9.97. The first-order valence-corrected chi connectivity index (χ1v) is 5.36. The van der Waals surface area contributed by atoms with Crippen LogP contribution in [0.4, 0.5) is 5.00 Å². The quantitative estimate of drug-likeness (QED) is 0.748. The van der Waals surface area contributed by atoms with Crippen LogP contribution in [0.1, 0.15) is 13.3 Å². The summed E-state index contributed by atoms with van der Waals surface area (Å²) < 4.78 is 3.68. The molecule has 2 atom stereocenters. The van der Waals surface area contributed by atoms with Crippen molar-refractivity contribution in [3.63, 3.8) is 0 Å². The van der Waals surface area contributed by atoms with Crippen LogP contribution in [0.15, 0.2) is 6.20 Å². The molecule has 0 spiro atoms. The fourth-order valence-electron chi connectivity index (χ4n) is 1.65. The highest BCUT2D eigenvalue weighted by atomic mass is 32.1. The highest BCUT2D eigenvalue weighted by Crippen LogP contribution is 2.18. The normalized spacial score (nSPS) is 26.4. The van der Waals surface area contributed by atoms with Gasteiger partial charge >= 0.3 is 0 Å². The molecule has 1 saturated heterocycles. The van der Waals surface area contributed by atoms with E-state index in [1.54, 1.807) is 6.20 Å². The van der Waals surface area contributed by atoms with E-state index in [4.69, 9.17) is 0 Å². The molecule has 2 rings (SSSR count). The summed E-state index contributed by atoms with van der Waals surface area (Å²) in [6, 6.07) is 0.260. The van der Waals surface area contributed by atoms with Crippen LogP contribution in [0.3, 0.4) is 0 Å². The number of hydrogen-bond donors (Lipinski definition) is 2. The van der Waals surface area contributed by atoms with Gasteiger partial charge in [0.25, 0.3) is 0 Å². The summed E-state index contributed by atoms with van der Waals surface area (Å²) in [7, 11) is 0. The molecule has 1 aliphatic heterocycles. The Kier molecular flexibility index (Phi) is 2.74. The SMILES string of the molecule is CC1NCCC1C(=O)Nc1cnns1. The molecule has 0 aliphatic carbocycles. The van der Waals surface area contributed by atoms with E-state index >= 15 is 0 Å². The predicted molar refractivity (Wildman–Crippen MR) is 54.1 cm³/mol. The highest BCUT2D eigenvalue weighted by molar-refractivity contribution is 7.10. The number of nitrogens with zero attached hydrogens (tertiary/aromatic N) is 2. The molecule has 76 valence electrons. The molecule has 0 radical (unpaired) electrons. The van der Waals surface area contributed by atoms with Gasteiger partial charge in [0.1, 0.15) is 5.00 Å². The van der Waals surface area contributed by atoms with Crippen LogP contribution in [0.25, 0.3) is 0 Å². The van der Waals surface area contributed by atoms with Gasteiger partial charge in [0.05, 0.1) is 12.1 Å². The maximum Gasteiger partial charge on any atom is 0.229 e. The second-order valence-corrected chi connectivity index (χ2v) is 4.19. The van der Waals surface area contributed by atoms with Crippen LogP contribution >= 0.6 is 11.5 Å². The summed E-state index contributed by atoms with van der Waals surface area (Å²) in [5, 5.41) is 10.4. The number of aromatic nitrogens is 2. The summed E-state index contributed by atoms with van der Waals surface area (Å²) in [6.45, 7) is 2.95. The number of hydrogen-bond acceptors (Lipinski definition) is 5. The molecular weight excluding hydrogens is 200 g/mol. The molecule has 0 aromatic carbocycles. The van der Waals surface area contributed by atoms with Gasteiger partial charge in [-0.2, -0.15) is 0 Å². The summed E-state index contributed by atoms with van der Waals surface area (Å²) >= 11 is 1.20. The highest BCUT2D eigenvalue weighted by Gasteiger charge is 2.29. The molecule has 6 heteroatoms. The second kappa shape index (κ2) is 4.02. The van der Waals surface area contributed by atoms with Crippen molar-refractivity contribution in [1.82, 2.24) is 14.9 Å². The number of anilines is 1. The Morgan fingerprint density at radius 2 is 2.64 bits per heavy atom. The van der Waals surface area contributed by atoms with Crippen LogP contribution in [0.2, 0.25) is 0 Å². The van der Waals surface area contributed by atoms with Crippen molar-refractivity contribution in [3.8, 4) is 0 Å². The zero-order valence-electron chi connectivity index (χ0n) is 7.86. The molecule has 2 heterocycles. The minimum Gasteiger partial charge on any atom is -0.315 e. The van der Waals surface area contributed by atoms with Crippen molar-refractivity contribution in [2.24, 2.45) is 5.92 Å². The molecular formula is C8H12N4OS. The van der Waals surface area contributed by atoms with Gasteiger partial charge in [0, 0.05) is 17.6 Å². The molecule has 5 nitrogen and oxygen atoms in total. The molecule has 1 aliphatic rings. The Balaban J connectivity index is 1.95. The molecule has 1 amide bonds. The van der Waals surface area contributed by atoms with E-state index in [-0.39, 0.29) is 17.9 Å². The van der Waals surface area contributed by atoms with Crippen molar-refractivity contribution in [2.45, 2.75) is 19.4 Å². The number of rotatable bonds is 2. The van der Waals surface area contributed by atoms with Crippen LogP contribution in [0.5, 0.6) is 0 Å². The Labute approximate surface area is 86.1 Å². The topological polar surface area (TPSA) is 66.9 Å². The minimum absolute atomic E-state index is 0.0635. The van der Waals surface area contributed by atoms with Gasteiger partial charge in [-0.3, -0.25) is 4.79 Å². The van der Waals surface area contributed by atoms with Crippen molar-refractivity contribution in [3.05, 3.63) is 6.20 Å². The molecule has 1 aromatic heterocycles. The third-order valence-corrected chi connectivity index (χ3v) is 3.05. The Bertz CT molecular complexity index is 313. The monoisotopic (exact) mass is 212 g/mol. The Hall–Kier alpha value is -1.01. The van der Waals surface area contributed by atoms with Crippen molar-refractivity contribution >= 4 is 22.4 Å². The summed E-state index contributed by atoms with van der Waals surface area (Å²) in [5.41, 5.74) is 0. The molecule has 14 heavy (non-hydrogen) atoms. The van der Waals surface area contributed by atoms with E-state index in [0.29, 0.717) is 5.00 Å². The first-order valence-electron chi connectivity index (χ1n) is 4.59. The second-order valence-electron chi connectivity index (χ2n) is 3.41. The molecule has 2 unspecified atom stereocenters. The van der Waals surface area contributed by atoms with Gasteiger partial charge < -0.3 is 10.6 Å².